The normalized spacial score (nSPS) is 55.5. The molecule has 1 aliphatic heterocycles. The number of ketones is 2. The Bertz CT molecular complexity index is 344. The molecule has 4 atom stereocenters. The Balaban J connectivity index is 2.05. The van der Waals surface area contributed by atoms with E-state index in [0.29, 0.717) is 0 Å². The molecule has 3 heteroatoms. The lowest BCUT2D eigenvalue weighted by molar-refractivity contribution is -0.129. The average Bonchev–Trinajstić information content (AvgIpc) is 2.83. The van der Waals surface area contributed by atoms with Crippen molar-refractivity contribution in [3.63, 3.8) is 0 Å². The van der Waals surface area contributed by atoms with Crippen LogP contribution >= 0.6 is 0 Å². The zero-order valence-electron chi connectivity index (χ0n) is 7.96. The minimum absolute atomic E-state index is 0.0550. The summed E-state index contributed by atoms with van der Waals surface area (Å²) in [6, 6.07) is 0. The highest BCUT2D eigenvalue weighted by Gasteiger charge is 2.80. The highest BCUT2D eigenvalue weighted by Crippen LogP contribution is 2.67. The molecule has 0 spiro atoms. The van der Waals surface area contributed by atoms with Gasteiger partial charge >= 0.3 is 0 Å². The van der Waals surface area contributed by atoms with Crippen molar-refractivity contribution < 1.29 is 14.3 Å². The van der Waals surface area contributed by atoms with Crippen molar-refractivity contribution >= 4 is 11.6 Å². The van der Waals surface area contributed by atoms with Gasteiger partial charge in [0.15, 0.2) is 23.3 Å². The van der Waals surface area contributed by atoms with Crippen LogP contribution in [0.5, 0.6) is 0 Å². The third kappa shape index (κ3) is 0.602. The van der Waals surface area contributed by atoms with Gasteiger partial charge in [-0.3, -0.25) is 9.59 Å². The number of carbonyl (C=O) groups is 2. The summed E-state index contributed by atoms with van der Waals surface area (Å²) in [6.07, 6.45) is -0.414. The quantitative estimate of drug-likeness (QED) is 0.512. The minimum atomic E-state index is -0.744. The van der Waals surface area contributed by atoms with Gasteiger partial charge in [0, 0.05) is 11.8 Å². The molecule has 4 unspecified atom stereocenters. The first-order valence-corrected chi connectivity index (χ1v) is 4.66. The third-order valence-electron chi connectivity index (χ3n) is 3.97. The fourth-order valence-corrected chi connectivity index (χ4v) is 2.86. The van der Waals surface area contributed by atoms with Crippen LogP contribution in [0, 0.1) is 17.3 Å². The van der Waals surface area contributed by atoms with Gasteiger partial charge in [-0.1, -0.05) is 13.8 Å². The number of fused-ring (bicyclic) bond motifs is 2. The monoisotopic (exact) mass is 180 g/mol. The van der Waals surface area contributed by atoms with Crippen LogP contribution in [0.1, 0.15) is 20.8 Å². The van der Waals surface area contributed by atoms with Gasteiger partial charge in [-0.15, -0.1) is 0 Å². The first-order chi connectivity index (χ1) is 5.90. The van der Waals surface area contributed by atoms with Crippen LogP contribution in [0.3, 0.4) is 0 Å². The number of carbonyl (C=O) groups excluding carboxylic acids is 2. The van der Waals surface area contributed by atoms with E-state index < -0.39 is 11.7 Å². The fraction of sp³-hybridized carbons (Fsp3) is 0.800. The van der Waals surface area contributed by atoms with Gasteiger partial charge in [0.05, 0.1) is 0 Å². The second-order valence-corrected chi connectivity index (χ2v) is 5.15. The predicted octanol–water partition coefficient (Wildman–Crippen LogP) is 0.568. The zero-order chi connectivity index (χ0) is 9.59. The van der Waals surface area contributed by atoms with E-state index in [1.807, 2.05) is 13.8 Å². The van der Waals surface area contributed by atoms with Gasteiger partial charge in [-0.2, -0.15) is 0 Å². The lowest BCUT2D eigenvalue weighted by Gasteiger charge is -2.08. The van der Waals surface area contributed by atoms with E-state index in [2.05, 4.69) is 0 Å². The van der Waals surface area contributed by atoms with E-state index in [9.17, 15) is 9.59 Å². The molecule has 1 saturated heterocycles. The molecule has 3 fully saturated rings. The van der Waals surface area contributed by atoms with E-state index in [0.717, 1.165) is 0 Å². The van der Waals surface area contributed by atoms with Crippen LogP contribution in [-0.4, -0.2) is 23.3 Å². The molecule has 0 bridgehead atoms. The molecule has 3 nitrogen and oxygen atoms in total. The van der Waals surface area contributed by atoms with E-state index in [4.69, 9.17) is 4.74 Å². The number of epoxide rings is 1. The highest BCUT2D eigenvalue weighted by atomic mass is 16.6. The Morgan fingerprint density at radius 1 is 1.15 bits per heavy atom. The van der Waals surface area contributed by atoms with Crippen LogP contribution in [0.15, 0.2) is 0 Å². The van der Waals surface area contributed by atoms with Crippen LogP contribution < -0.4 is 0 Å². The zero-order valence-corrected chi connectivity index (χ0v) is 7.96. The van der Waals surface area contributed by atoms with Gasteiger partial charge in [0.25, 0.3) is 0 Å². The van der Waals surface area contributed by atoms with E-state index in [1.54, 1.807) is 6.92 Å². The largest absolute Gasteiger partial charge is 0.350 e. The molecule has 0 radical (unpaired) electrons. The Labute approximate surface area is 76.4 Å². The van der Waals surface area contributed by atoms with Crippen LogP contribution in [0.2, 0.25) is 0 Å². The maximum Gasteiger partial charge on any atom is 0.171 e. The maximum atomic E-state index is 11.8. The lowest BCUT2D eigenvalue weighted by atomic mass is 9.88. The molecule has 2 saturated carbocycles. The molecule has 3 aliphatic rings. The number of ether oxygens (including phenoxy) is 1. The summed E-state index contributed by atoms with van der Waals surface area (Å²) < 4.78 is 5.18. The van der Waals surface area contributed by atoms with Crippen molar-refractivity contribution in [3.05, 3.63) is 0 Å². The second kappa shape index (κ2) is 1.61. The highest BCUT2D eigenvalue weighted by molar-refractivity contribution is 6.12. The SMILES string of the molecule is CC12OC1C(=O)C1C(C2=O)C1(C)C. The summed E-state index contributed by atoms with van der Waals surface area (Å²) in [6.45, 7) is 5.72. The topological polar surface area (TPSA) is 46.7 Å². The molecular formula is C10H12O3. The fourth-order valence-electron chi connectivity index (χ4n) is 2.86. The van der Waals surface area contributed by atoms with Crippen molar-refractivity contribution in [1.82, 2.24) is 0 Å². The van der Waals surface area contributed by atoms with Crippen molar-refractivity contribution in [3.8, 4) is 0 Å². The smallest absolute Gasteiger partial charge is 0.171 e. The standard InChI is InChI=1S/C10H12O3/c1-9(2)4-5(9)7(12)10(3)8(13-10)6(4)11/h4-5,8H,1-3H3. The summed E-state index contributed by atoms with van der Waals surface area (Å²) in [7, 11) is 0. The number of hydrogen-bond donors (Lipinski definition) is 0. The molecule has 1 heterocycles. The Morgan fingerprint density at radius 3 is 2.38 bits per heavy atom. The summed E-state index contributed by atoms with van der Waals surface area (Å²) in [5.41, 5.74) is -0.847. The molecule has 70 valence electrons. The van der Waals surface area contributed by atoms with E-state index in [-0.39, 0.29) is 28.8 Å². The summed E-state index contributed by atoms with van der Waals surface area (Å²) in [4.78, 5) is 23.5. The molecule has 0 amide bonds. The molecule has 13 heavy (non-hydrogen) atoms. The van der Waals surface area contributed by atoms with Gasteiger partial charge in [-0.05, 0) is 12.3 Å². The summed E-state index contributed by atoms with van der Waals surface area (Å²) >= 11 is 0. The van der Waals surface area contributed by atoms with Crippen molar-refractivity contribution in [2.24, 2.45) is 17.3 Å². The lowest BCUT2D eigenvalue weighted by Crippen LogP contribution is -2.35. The molecule has 0 aromatic heterocycles. The van der Waals surface area contributed by atoms with Crippen LogP contribution in [-0.2, 0) is 14.3 Å². The molecule has 0 aromatic carbocycles. The Kier molecular flexibility index (Phi) is 0.950. The molecule has 3 rings (SSSR count). The predicted molar refractivity (Wildman–Crippen MR) is 44.1 cm³/mol. The Hall–Kier alpha value is -0.700. The van der Waals surface area contributed by atoms with Crippen molar-refractivity contribution in [2.45, 2.75) is 32.5 Å². The molecule has 0 N–H and O–H groups in total. The first kappa shape index (κ1) is 7.68. The summed E-state index contributed by atoms with van der Waals surface area (Å²) in [5.74, 6) is 0.175. The van der Waals surface area contributed by atoms with Gasteiger partial charge in [-0.25, -0.2) is 0 Å². The van der Waals surface area contributed by atoms with Gasteiger partial charge in [0.2, 0.25) is 0 Å². The number of Topliss-reactive ketones (excluding diaryl/α,β-unsaturated/α-hetero) is 2. The first-order valence-electron chi connectivity index (χ1n) is 4.66. The van der Waals surface area contributed by atoms with Gasteiger partial charge in [0.1, 0.15) is 0 Å². The molecule has 2 aliphatic carbocycles. The van der Waals surface area contributed by atoms with E-state index in [1.165, 1.54) is 0 Å². The molecular weight excluding hydrogens is 168 g/mol. The summed E-state index contributed by atoms with van der Waals surface area (Å²) in [5, 5.41) is 0. The minimum Gasteiger partial charge on any atom is -0.350 e. The molecule has 0 aromatic rings. The second-order valence-electron chi connectivity index (χ2n) is 5.15. The van der Waals surface area contributed by atoms with Crippen LogP contribution in [0.25, 0.3) is 0 Å². The number of hydrogen-bond acceptors (Lipinski definition) is 3. The number of rotatable bonds is 0. The van der Waals surface area contributed by atoms with Crippen molar-refractivity contribution in [1.29, 1.82) is 0 Å². The van der Waals surface area contributed by atoms with Crippen molar-refractivity contribution in [2.75, 3.05) is 0 Å². The third-order valence-corrected chi connectivity index (χ3v) is 3.97. The van der Waals surface area contributed by atoms with Gasteiger partial charge < -0.3 is 4.74 Å². The van der Waals surface area contributed by atoms with E-state index >= 15 is 0 Å². The maximum absolute atomic E-state index is 11.8. The average molecular weight is 180 g/mol. The Morgan fingerprint density at radius 2 is 1.77 bits per heavy atom. The van der Waals surface area contributed by atoms with Crippen LogP contribution in [0.4, 0.5) is 0 Å².